The van der Waals surface area contributed by atoms with Crippen molar-refractivity contribution in [2.24, 2.45) is 0 Å². The Bertz CT molecular complexity index is 1800. The molecule has 0 fully saturated rings. The fraction of sp³-hybridized carbons (Fsp3) is 0.0385. The van der Waals surface area contributed by atoms with E-state index >= 15 is 0 Å². The Balaban J connectivity index is 1.51. The van der Waals surface area contributed by atoms with Gasteiger partial charge in [-0.1, -0.05) is 6.07 Å². The lowest BCUT2D eigenvalue weighted by molar-refractivity contribution is 0.102. The van der Waals surface area contributed by atoms with Crippen LogP contribution in [0.15, 0.2) is 73.1 Å². The molecule has 0 aliphatic rings. The molecule has 0 radical (unpaired) electrons. The van der Waals surface area contributed by atoms with Crippen LogP contribution in [0.4, 0.5) is 26.1 Å². The number of rotatable bonds is 6. The highest BCUT2D eigenvalue weighted by atomic mass is 32.2. The summed E-state index contributed by atoms with van der Waals surface area (Å²) in [6.07, 6.45) is 4.03. The molecule has 0 aliphatic carbocycles. The molecule has 3 aromatic carbocycles. The van der Waals surface area contributed by atoms with Gasteiger partial charge in [0.15, 0.2) is 0 Å². The highest BCUT2D eigenvalue weighted by Crippen LogP contribution is 2.32. The van der Waals surface area contributed by atoms with Crippen LogP contribution in [0.3, 0.4) is 0 Å². The van der Waals surface area contributed by atoms with E-state index in [1.807, 2.05) is 0 Å². The minimum absolute atomic E-state index is 0.0803. The average molecular weight is 535 g/mol. The number of hydrogen-bond acceptors (Lipinski definition) is 6. The third-order valence-corrected chi connectivity index (χ3v) is 6.21. The molecule has 0 saturated heterocycles. The van der Waals surface area contributed by atoms with Gasteiger partial charge in [0, 0.05) is 46.2 Å². The van der Waals surface area contributed by atoms with Crippen LogP contribution in [-0.2, 0) is 10.0 Å². The smallest absolute Gasteiger partial charge is 0.272 e. The lowest BCUT2D eigenvalue weighted by Gasteiger charge is -2.12. The molecule has 38 heavy (non-hydrogen) atoms. The van der Waals surface area contributed by atoms with Crippen molar-refractivity contribution < 1.29 is 22.0 Å². The summed E-state index contributed by atoms with van der Waals surface area (Å²) in [6.45, 7) is 0. The third kappa shape index (κ3) is 5.44. The van der Waals surface area contributed by atoms with Crippen LogP contribution in [0.2, 0.25) is 0 Å². The Labute approximate surface area is 215 Å². The first-order valence-corrected chi connectivity index (χ1v) is 13.0. The minimum atomic E-state index is -3.46. The summed E-state index contributed by atoms with van der Waals surface area (Å²) < 4.78 is 53.6. The molecule has 0 aliphatic heterocycles. The Morgan fingerprint density at radius 2 is 1.63 bits per heavy atom. The van der Waals surface area contributed by atoms with Gasteiger partial charge < -0.3 is 16.0 Å². The number of nitrogen functional groups attached to an aromatic ring is 1. The van der Waals surface area contributed by atoms with Gasteiger partial charge in [0.2, 0.25) is 16.0 Å². The van der Waals surface area contributed by atoms with Crippen LogP contribution in [0.5, 0.6) is 0 Å². The number of nitrogens with zero attached hydrogens (tertiary/aromatic N) is 2. The van der Waals surface area contributed by atoms with Gasteiger partial charge >= 0.3 is 0 Å². The molecule has 0 bridgehead atoms. The zero-order valence-corrected chi connectivity index (χ0v) is 20.6. The number of hydrogen-bond donors (Lipinski definition) is 4. The van der Waals surface area contributed by atoms with E-state index < -0.39 is 27.6 Å². The largest absolute Gasteiger partial charge is 0.368 e. The van der Waals surface area contributed by atoms with Crippen LogP contribution < -0.4 is 15.8 Å². The number of benzene rings is 3. The number of fused-ring (bicyclic) bond motifs is 1. The fourth-order valence-corrected chi connectivity index (χ4v) is 4.51. The predicted molar refractivity (Wildman–Crippen MR) is 142 cm³/mol. The van der Waals surface area contributed by atoms with Crippen LogP contribution >= 0.6 is 0 Å². The van der Waals surface area contributed by atoms with Crippen molar-refractivity contribution >= 4 is 44.2 Å². The van der Waals surface area contributed by atoms with Gasteiger partial charge in [-0.25, -0.2) is 27.2 Å². The van der Waals surface area contributed by atoms with E-state index in [1.54, 1.807) is 42.5 Å². The monoisotopic (exact) mass is 534 g/mol. The van der Waals surface area contributed by atoms with Crippen molar-refractivity contribution in [3.8, 4) is 22.3 Å². The molecule has 2 aromatic heterocycles. The van der Waals surface area contributed by atoms with Gasteiger partial charge in [0.1, 0.15) is 17.3 Å². The Kier molecular flexibility index (Phi) is 6.25. The van der Waals surface area contributed by atoms with E-state index in [-0.39, 0.29) is 17.2 Å². The maximum Gasteiger partial charge on any atom is 0.272 e. The van der Waals surface area contributed by atoms with Crippen LogP contribution in [0.1, 0.15) is 10.5 Å². The second-order valence-electron chi connectivity index (χ2n) is 8.57. The molecule has 5 N–H and O–H groups in total. The summed E-state index contributed by atoms with van der Waals surface area (Å²) in [5.74, 6) is -1.88. The van der Waals surface area contributed by atoms with Gasteiger partial charge in [0.05, 0.1) is 11.9 Å². The first-order valence-electron chi connectivity index (χ1n) is 11.1. The number of halogens is 2. The highest BCUT2D eigenvalue weighted by Gasteiger charge is 2.15. The maximum atomic E-state index is 14.6. The molecular formula is C26H20F2N6O3S. The summed E-state index contributed by atoms with van der Waals surface area (Å²) in [5.41, 5.74) is 8.69. The van der Waals surface area contributed by atoms with Crippen molar-refractivity contribution in [3.05, 3.63) is 90.4 Å². The van der Waals surface area contributed by atoms with E-state index in [1.165, 1.54) is 18.5 Å². The van der Waals surface area contributed by atoms with Crippen LogP contribution in [0.25, 0.3) is 33.2 Å². The van der Waals surface area contributed by atoms with Crippen LogP contribution in [-0.4, -0.2) is 35.5 Å². The second-order valence-corrected chi connectivity index (χ2v) is 10.3. The van der Waals surface area contributed by atoms with Gasteiger partial charge in [-0.3, -0.25) is 9.52 Å². The lowest BCUT2D eigenvalue weighted by Crippen LogP contribution is -2.12. The topological polar surface area (TPSA) is 143 Å². The van der Waals surface area contributed by atoms with E-state index in [2.05, 4.69) is 25.0 Å². The summed E-state index contributed by atoms with van der Waals surface area (Å²) in [5, 5.41) is 3.48. The molecule has 0 unspecified atom stereocenters. The molecule has 5 rings (SSSR count). The zero-order valence-electron chi connectivity index (χ0n) is 19.8. The number of aromatic amines is 1. The normalized spacial score (nSPS) is 11.4. The first-order chi connectivity index (χ1) is 18.0. The maximum absolute atomic E-state index is 14.6. The number of H-pyrrole nitrogens is 1. The quantitative estimate of drug-likeness (QED) is 0.247. The Morgan fingerprint density at radius 1 is 0.895 bits per heavy atom. The molecule has 0 spiro atoms. The molecular weight excluding hydrogens is 514 g/mol. The standard InChI is InChI=1S/C26H20F2N6O3S/c1-38(36,37)34-19-4-2-14-9-24(33-23(14)11-19)25(35)32-20-7-15(17-12-30-26(29)31-13-17)6-16(8-20)21-5-3-18(27)10-22(21)28/h2-13,33-34H,1H3,(H,32,35)(H2,29,30,31). The minimum Gasteiger partial charge on any atom is -0.368 e. The molecule has 1 amide bonds. The molecule has 5 aromatic rings. The molecule has 0 saturated carbocycles. The van der Waals surface area contributed by atoms with Crippen molar-refractivity contribution in [1.29, 1.82) is 0 Å². The second kappa shape index (κ2) is 9.56. The highest BCUT2D eigenvalue weighted by molar-refractivity contribution is 7.92. The molecule has 0 atom stereocenters. The first kappa shape index (κ1) is 24.8. The van der Waals surface area contributed by atoms with Crippen LogP contribution in [0, 0.1) is 11.6 Å². The van der Waals surface area contributed by atoms with E-state index in [9.17, 15) is 22.0 Å². The number of aromatic nitrogens is 3. The Hall–Kier alpha value is -4.84. The average Bonchev–Trinajstić information content (AvgIpc) is 3.27. The van der Waals surface area contributed by atoms with E-state index in [0.717, 1.165) is 18.4 Å². The molecule has 2 heterocycles. The summed E-state index contributed by atoms with van der Waals surface area (Å²) in [6, 6.07) is 14.6. The van der Waals surface area contributed by atoms with Gasteiger partial charge in [-0.05, 0) is 59.7 Å². The Morgan fingerprint density at radius 3 is 2.34 bits per heavy atom. The summed E-state index contributed by atoms with van der Waals surface area (Å²) in [4.78, 5) is 24.1. The number of amides is 1. The molecule has 12 heteroatoms. The molecule has 9 nitrogen and oxygen atoms in total. The summed E-state index contributed by atoms with van der Waals surface area (Å²) >= 11 is 0. The van der Waals surface area contributed by atoms with Gasteiger partial charge in [-0.15, -0.1) is 0 Å². The number of nitrogens with one attached hydrogen (secondary N) is 3. The predicted octanol–water partition coefficient (Wildman–Crippen LogP) is 4.78. The van der Waals surface area contributed by atoms with Gasteiger partial charge in [-0.2, -0.15) is 0 Å². The third-order valence-electron chi connectivity index (χ3n) is 5.61. The van der Waals surface area contributed by atoms with Crippen molar-refractivity contribution in [3.63, 3.8) is 0 Å². The fourth-order valence-electron chi connectivity index (χ4n) is 3.96. The zero-order chi connectivity index (χ0) is 27.0. The number of carbonyl (C=O) groups is 1. The SMILES string of the molecule is CS(=O)(=O)Nc1ccc2cc(C(=O)Nc3cc(-c4cnc(N)nc4)cc(-c4ccc(F)cc4F)c3)[nH]c2c1. The number of sulfonamides is 1. The number of nitrogens with two attached hydrogens (primary N) is 1. The van der Waals surface area contributed by atoms with E-state index in [4.69, 9.17) is 5.73 Å². The molecule has 192 valence electrons. The van der Waals surface area contributed by atoms with Crippen molar-refractivity contribution in [2.45, 2.75) is 0 Å². The number of carbonyl (C=O) groups excluding carboxylic acids is 1. The van der Waals surface area contributed by atoms with E-state index in [0.29, 0.717) is 39.0 Å². The van der Waals surface area contributed by atoms with Crippen molar-refractivity contribution in [1.82, 2.24) is 15.0 Å². The number of anilines is 3. The lowest BCUT2D eigenvalue weighted by atomic mass is 9.99. The van der Waals surface area contributed by atoms with Crippen molar-refractivity contribution in [2.75, 3.05) is 22.0 Å². The van der Waals surface area contributed by atoms with Gasteiger partial charge in [0.25, 0.3) is 5.91 Å². The summed E-state index contributed by atoms with van der Waals surface area (Å²) in [7, 11) is -3.46.